The number of fused-ring (bicyclic) bond motifs is 1. The first-order valence-corrected chi connectivity index (χ1v) is 11.2. The summed E-state index contributed by atoms with van der Waals surface area (Å²) in [4.78, 5) is 42.8. The number of allylic oxidation sites excluding steroid dienone is 1. The number of carbonyl (C=O) groups is 2. The average Bonchev–Trinajstić information content (AvgIpc) is 3.13. The Hall–Kier alpha value is -3.98. The van der Waals surface area contributed by atoms with Gasteiger partial charge in [0.1, 0.15) is 11.5 Å². The van der Waals surface area contributed by atoms with Crippen LogP contribution in [0.25, 0.3) is 6.08 Å². The van der Waals surface area contributed by atoms with Gasteiger partial charge in [-0.05, 0) is 36.8 Å². The molecule has 9 heteroatoms. The van der Waals surface area contributed by atoms with Gasteiger partial charge in [0.05, 0.1) is 36.1 Å². The Balaban J connectivity index is 1.94. The number of hydrogen-bond donors (Lipinski definition) is 0. The Morgan fingerprint density at radius 3 is 2.44 bits per heavy atom. The highest BCUT2D eigenvalue weighted by Crippen LogP contribution is 2.31. The lowest BCUT2D eigenvalue weighted by molar-refractivity contribution is -0.136. The van der Waals surface area contributed by atoms with Crippen molar-refractivity contribution >= 4 is 29.4 Å². The summed E-state index contributed by atoms with van der Waals surface area (Å²) in [6.07, 6.45) is 1.66. The molecule has 1 aliphatic rings. The summed E-state index contributed by atoms with van der Waals surface area (Å²) in [6.45, 7) is 3.03. The van der Waals surface area contributed by atoms with Gasteiger partial charge in [-0.1, -0.05) is 41.7 Å². The second-order valence-corrected chi connectivity index (χ2v) is 8.49. The number of aromatic nitrogens is 1. The fourth-order valence-electron chi connectivity index (χ4n) is 3.78. The van der Waals surface area contributed by atoms with Gasteiger partial charge >= 0.3 is 11.9 Å². The van der Waals surface area contributed by atoms with E-state index in [1.165, 1.54) is 29.9 Å². The van der Waals surface area contributed by atoms with Crippen molar-refractivity contribution in [3.63, 3.8) is 0 Å². The third-order valence-corrected chi connectivity index (χ3v) is 6.30. The molecule has 2 heterocycles. The number of benzene rings is 2. The summed E-state index contributed by atoms with van der Waals surface area (Å²) >= 11 is 1.19. The number of para-hydroxylation sites is 1. The van der Waals surface area contributed by atoms with Crippen molar-refractivity contribution in [1.82, 2.24) is 4.57 Å². The number of ether oxygens (including phenoxy) is 3. The van der Waals surface area contributed by atoms with E-state index < -0.39 is 18.0 Å². The maximum Gasteiger partial charge on any atom is 0.338 e. The molecule has 0 unspecified atom stereocenters. The van der Waals surface area contributed by atoms with E-state index in [4.69, 9.17) is 14.2 Å². The topological polar surface area (TPSA) is 96.2 Å². The summed E-state index contributed by atoms with van der Waals surface area (Å²) in [7, 11) is 2.86. The minimum atomic E-state index is -0.722. The van der Waals surface area contributed by atoms with Crippen LogP contribution >= 0.6 is 11.3 Å². The zero-order valence-electron chi connectivity index (χ0n) is 19.0. The Labute approximate surface area is 199 Å². The SMILES string of the molecule is COC(=O)C1=C(C)N=c2s/c(=C\c3ccccc3OC(C)=O)c(=O)n2[C@@H]1c1ccc(OC)cc1. The molecule has 8 nitrogen and oxygen atoms in total. The second kappa shape index (κ2) is 9.48. The van der Waals surface area contributed by atoms with E-state index in [1.807, 2.05) is 0 Å². The van der Waals surface area contributed by atoms with Crippen LogP contribution in [0, 0.1) is 0 Å². The number of hydrogen-bond acceptors (Lipinski definition) is 8. The standard InChI is InChI=1S/C25H22N2O6S/c1-14-21(24(30)32-4)22(16-9-11-18(31-3)12-10-16)27-23(29)20(34-25(27)26-14)13-17-7-5-6-8-19(17)33-15(2)28/h5-13,22H,1-4H3/b20-13-/t22-/m1/s1. The van der Waals surface area contributed by atoms with Crippen molar-refractivity contribution < 1.29 is 23.8 Å². The van der Waals surface area contributed by atoms with Gasteiger partial charge in [-0.2, -0.15) is 0 Å². The van der Waals surface area contributed by atoms with Crippen LogP contribution in [0.4, 0.5) is 0 Å². The number of rotatable bonds is 5. The van der Waals surface area contributed by atoms with Gasteiger partial charge in [-0.25, -0.2) is 9.79 Å². The summed E-state index contributed by atoms with van der Waals surface area (Å²) in [5.74, 6) is -0.0192. The summed E-state index contributed by atoms with van der Waals surface area (Å²) in [5.41, 5.74) is 1.72. The van der Waals surface area contributed by atoms with Gasteiger partial charge in [0, 0.05) is 12.5 Å². The molecule has 0 aliphatic carbocycles. The lowest BCUT2D eigenvalue weighted by atomic mass is 9.96. The summed E-state index contributed by atoms with van der Waals surface area (Å²) in [5, 5.41) is 0. The van der Waals surface area contributed by atoms with Crippen molar-refractivity contribution in [3.05, 3.63) is 90.6 Å². The molecule has 0 saturated heterocycles. The van der Waals surface area contributed by atoms with Crippen LogP contribution in [-0.2, 0) is 14.3 Å². The molecule has 4 rings (SSSR count). The van der Waals surface area contributed by atoms with Crippen molar-refractivity contribution in [2.45, 2.75) is 19.9 Å². The molecule has 0 N–H and O–H groups in total. The molecule has 1 atom stereocenters. The van der Waals surface area contributed by atoms with E-state index in [9.17, 15) is 14.4 Å². The van der Waals surface area contributed by atoms with Crippen LogP contribution in [0.1, 0.15) is 31.0 Å². The second-order valence-electron chi connectivity index (χ2n) is 7.48. The molecule has 0 amide bonds. The Morgan fingerprint density at radius 1 is 1.09 bits per heavy atom. The third kappa shape index (κ3) is 4.29. The van der Waals surface area contributed by atoms with E-state index in [0.29, 0.717) is 37.7 Å². The van der Waals surface area contributed by atoms with E-state index in [2.05, 4.69) is 4.99 Å². The van der Waals surface area contributed by atoms with Gasteiger partial charge in [0.15, 0.2) is 4.80 Å². The molecule has 0 saturated carbocycles. The normalized spacial score (nSPS) is 15.4. The molecule has 2 aromatic carbocycles. The van der Waals surface area contributed by atoms with Crippen LogP contribution in [0.5, 0.6) is 11.5 Å². The highest BCUT2D eigenvalue weighted by molar-refractivity contribution is 7.07. The van der Waals surface area contributed by atoms with Crippen molar-refractivity contribution in [2.24, 2.45) is 4.99 Å². The summed E-state index contributed by atoms with van der Waals surface area (Å²) in [6, 6.07) is 13.4. The Bertz CT molecular complexity index is 1480. The molecule has 1 aliphatic heterocycles. The molecule has 0 bridgehead atoms. The first kappa shape index (κ1) is 23.2. The predicted molar refractivity (Wildman–Crippen MR) is 127 cm³/mol. The molecule has 34 heavy (non-hydrogen) atoms. The lowest BCUT2D eigenvalue weighted by Crippen LogP contribution is -2.39. The molecule has 0 spiro atoms. The third-order valence-electron chi connectivity index (χ3n) is 5.32. The van der Waals surface area contributed by atoms with Gasteiger partial charge in [0.25, 0.3) is 5.56 Å². The van der Waals surface area contributed by atoms with Gasteiger partial charge in [0.2, 0.25) is 0 Å². The molecule has 174 valence electrons. The zero-order valence-corrected chi connectivity index (χ0v) is 19.8. The van der Waals surface area contributed by atoms with Crippen LogP contribution in [0.3, 0.4) is 0 Å². The number of carbonyl (C=O) groups excluding carboxylic acids is 2. The zero-order chi connectivity index (χ0) is 24.4. The largest absolute Gasteiger partial charge is 0.497 e. The first-order chi connectivity index (χ1) is 16.3. The van der Waals surface area contributed by atoms with Gasteiger partial charge in [-0.3, -0.25) is 14.2 Å². The summed E-state index contributed by atoms with van der Waals surface area (Å²) < 4.78 is 17.4. The molecular formula is C25H22N2O6S. The quantitative estimate of drug-likeness (QED) is 0.413. The smallest absolute Gasteiger partial charge is 0.338 e. The Kier molecular flexibility index (Phi) is 6.47. The molecule has 1 aromatic heterocycles. The van der Waals surface area contributed by atoms with E-state index in [-0.39, 0.29) is 11.1 Å². The van der Waals surface area contributed by atoms with E-state index >= 15 is 0 Å². The molecule has 0 fully saturated rings. The lowest BCUT2D eigenvalue weighted by Gasteiger charge is -2.24. The van der Waals surface area contributed by atoms with Crippen molar-refractivity contribution in [2.75, 3.05) is 14.2 Å². The van der Waals surface area contributed by atoms with Crippen LogP contribution in [-0.4, -0.2) is 30.7 Å². The van der Waals surface area contributed by atoms with E-state index in [1.54, 1.807) is 68.6 Å². The monoisotopic (exact) mass is 478 g/mol. The van der Waals surface area contributed by atoms with Crippen LogP contribution < -0.4 is 24.4 Å². The van der Waals surface area contributed by atoms with E-state index in [0.717, 1.165) is 0 Å². The maximum absolute atomic E-state index is 13.6. The van der Waals surface area contributed by atoms with Crippen LogP contribution in [0.2, 0.25) is 0 Å². The molecular weight excluding hydrogens is 456 g/mol. The highest BCUT2D eigenvalue weighted by Gasteiger charge is 2.33. The van der Waals surface area contributed by atoms with Gasteiger partial charge < -0.3 is 14.2 Å². The molecule has 0 radical (unpaired) electrons. The maximum atomic E-state index is 13.6. The minimum Gasteiger partial charge on any atom is -0.497 e. The highest BCUT2D eigenvalue weighted by atomic mass is 32.1. The number of methoxy groups -OCH3 is 2. The number of thiazole rings is 1. The molecule has 3 aromatic rings. The fraction of sp³-hybridized carbons (Fsp3) is 0.200. The predicted octanol–water partition coefficient (Wildman–Crippen LogP) is 2.34. The van der Waals surface area contributed by atoms with Crippen molar-refractivity contribution in [1.29, 1.82) is 0 Å². The number of nitrogens with zero attached hydrogens (tertiary/aromatic N) is 2. The fourth-order valence-corrected chi connectivity index (χ4v) is 4.82. The van der Waals surface area contributed by atoms with Gasteiger partial charge in [-0.15, -0.1) is 0 Å². The minimum absolute atomic E-state index is 0.284. The van der Waals surface area contributed by atoms with Crippen LogP contribution in [0.15, 0.2) is 69.6 Å². The first-order valence-electron chi connectivity index (χ1n) is 10.4. The average molecular weight is 479 g/mol. The number of esters is 2. The Morgan fingerprint density at radius 2 is 1.79 bits per heavy atom. The van der Waals surface area contributed by atoms with Crippen molar-refractivity contribution in [3.8, 4) is 11.5 Å².